The highest BCUT2D eigenvalue weighted by molar-refractivity contribution is 5.61. The van der Waals surface area contributed by atoms with Crippen LogP contribution in [0, 0.1) is 11.3 Å². The van der Waals surface area contributed by atoms with Crippen molar-refractivity contribution in [1.29, 1.82) is 5.26 Å². The predicted octanol–water partition coefficient (Wildman–Crippen LogP) is 3.08. The van der Waals surface area contributed by atoms with Gasteiger partial charge in [-0.2, -0.15) is 5.26 Å². The van der Waals surface area contributed by atoms with Gasteiger partial charge in [-0.05, 0) is 42.0 Å². The normalized spacial score (nSPS) is 9.59. The maximum absolute atomic E-state index is 8.57. The van der Waals surface area contributed by atoms with Gasteiger partial charge in [-0.25, -0.2) is 0 Å². The fourth-order valence-corrected chi connectivity index (χ4v) is 1.53. The van der Waals surface area contributed by atoms with E-state index in [2.05, 4.69) is 11.4 Å². The largest absolute Gasteiger partial charge is 0.399 e. The van der Waals surface area contributed by atoms with Crippen molar-refractivity contribution in [3.63, 3.8) is 0 Å². The zero-order valence-corrected chi connectivity index (χ0v) is 9.35. The molecule has 0 bridgehead atoms. The Morgan fingerprint density at radius 3 is 2.00 bits per heavy atom. The first-order chi connectivity index (χ1) is 8.28. The summed E-state index contributed by atoms with van der Waals surface area (Å²) < 4.78 is 0. The lowest BCUT2D eigenvalue weighted by Crippen LogP contribution is -1.91. The van der Waals surface area contributed by atoms with Crippen LogP contribution in [-0.4, -0.2) is 0 Å². The van der Waals surface area contributed by atoms with Gasteiger partial charge in [0.1, 0.15) is 0 Å². The molecule has 0 aliphatic heterocycles. The van der Waals surface area contributed by atoms with E-state index in [9.17, 15) is 0 Å². The average molecular weight is 223 g/mol. The van der Waals surface area contributed by atoms with Crippen molar-refractivity contribution < 1.29 is 0 Å². The molecule has 0 aromatic heterocycles. The molecule has 3 N–H and O–H groups in total. The summed E-state index contributed by atoms with van der Waals surface area (Å²) in [6, 6.07) is 17.5. The Kier molecular flexibility index (Phi) is 3.27. The van der Waals surface area contributed by atoms with Crippen molar-refractivity contribution in [3.05, 3.63) is 54.1 Å². The second kappa shape index (κ2) is 5.04. The molecule has 0 radical (unpaired) electrons. The quantitative estimate of drug-likeness (QED) is 0.786. The summed E-state index contributed by atoms with van der Waals surface area (Å²) in [6.07, 6.45) is 0.447. The molecule has 84 valence electrons. The molecule has 0 heterocycles. The number of benzene rings is 2. The minimum absolute atomic E-state index is 0.447. The standard InChI is InChI=1S/C14H13N3/c15-10-9-11-1-5-13(6-2-11)17-14-7-3-12(16)4-8-14/h1-8,17H,9,16H2. The Morgan fingerprint density at radius 2 is 1.47 bits per heavy atom. The first-order valence-electron chi connectivity index (χ1n) is 5.36. The molecule has 3 nitrogen and oxygen atoms in total. The molecule has 0 unspecified atom stereocenters. The van der Waals surface area contributed by atoms with Crippen LogP contribution in [0.3, 0.4) is 0 Å². The van der Waals surface area contributed by atoms with E-state index in [1.54, 1.807) is 0 Å². The molecule has 3 heteroatoms. The lowest BCUT2D eigenvalue weighted by atomic mass is 10.1. The zero-order chi connectivity index (χ0) is 12.1. The van der Waals surface area contributed by atoms with Gasteiger partial charge in [-0.3, -0.25) is 0 Å². The molecule has 0 aliphatic carbocycles. The van der Waals surface area contributed by atoms with Gasteiger partial charge in [-0.1, -0.05) is 12.1 Å². The Hall–Kier alpha value is -2.47. The van der Waals surface area contributed by atoms with Crippen molar-refractivity contribution in [3.8, 4) is 6.07 Å². The van der Waals surface area contributed by atoms with E-state index < -0.39 is 0 Å². The summed E-state index contributed by atoms with van der Waals surface area (Å²) in [5.74, 6) is 0. The molecule has 0 amide bonds. The second-order valence-electron chi connectivity index (χ2n) is 3.78. The van der Waals surface area contributed by atoms with E-state index in [0.29, 0.717) is 6.42 Å². The summed E-state index contributed by atoms with van der Waals surface area (Å²) in [6.45, 7) is 0. The summed E-state index contributed by atoms with van der Waals surface area (Å²) in [5, 5.41) is 11.8. The van der Waals surface area contributed by atoms with Gasteiger partial charge in [0.15, 0.2) is 0 Å². The minimum atomic E-state index is 0.447. The van der Waals surface area contributed by atoms with Gasteiger partial charge in [0.25, 0.3) is 0 Å². The second-order valence-corrected chi connectivity index (χ2v) is 3.78. The SMILES string of the molecule is N#CCc1ccc(Nc2ccc(N)cc2)cc1. The summed E-state index contributed by atoms with van der Waals surface area (Å²) in [7, 11) is 0. The molecule has 0 atom stereocenters. The maximum Gasteiger partial charge on any atom is 0.0669 e. The molecule has 0 fully saturated rings. The molecular weight excluding hydrogens is 210 g/mol. The van der Waals surface area contributed by atoms with Gasteiger partial charge in [-0.15, -0.1) is 0 Å². The van der Waals surface area contributed by atoms with E-state index in [1.165, 1.54) is 0 Å². The number of hydrogen-bond donors (Lipinski definition) is 2. The van der Waals surface area contributed by atoms with Crippen molar-refractivity contribution in [2.24, 2.45) is 0 Å². The highest BCUT2D eigenvalue weighted by atomic mass is 14.9. The third-order valence-electron chi connectivity index (χ3n) is 2.44. The van der Waals surface area contributed by atoms with Crippen molar-refractivity contribution in [2.45, 2.75) is 6.42 Å². The Morgan fingerprint density at radius 1 is 0.941 bits per heavy atom. The minimum Gasteiger partial charge on any atom is -0.399 e. The Bertz CT molecular complexity index is 521. The molecule has 0 spiro atoms. The number of nitriles is 1. The van der Waals surface area contributed by atoms with Crippen LogP contribution in [0.15, 0.2) is 48.5 Å². The maximum atomic E-state index is 8.57. The Balaban J connectivity index is 2.09. The lowest BCUT2D eigenvalue weighted by molar-refractivity contribution is 1.26. The monoisotopic (exact) mass is 223 g/mol. The van der Waals surface area contributed by atoms with Gasteiger partial charge >= 0.3 is 0 Å². The van der Waals surface area contributed by atoms with Crippen LogP contribution in [0.5, 0.6) is 0 Å². The molecule has 0 saturated heterocycles. The summed E-state index contributed by atoms with van der Waals surface area (Å²) in [5.41, 5.74) is 9.38. The molecular formula is C14H13N3. The molecule has 2 aromatic rings. The van der Waals surface area contributed by atoms with E-state index in [4.69, 9.17) is 11.0 Å². The number of hydrogen-bond acceptors (Lipinski definition) is 3. The molecule has 0 aliphatic rings. The van der Waals surface area contributed by atoms with E-state index in [0.717, 1.165) is 22.6 Å². The average Bonchev–Trinajstić information content (AvgIpc) is 2.35. The van der Waals surface area contributed by atoms with Crippen LogP contribution in [0.25, 0.3) is 0 Å². The van der Waals surface area contributed by atoms with Crippen molar-refractivity contribution in [2.75, 3.05) is 11.1 Å². The van der Waals surface area contributed by atoms with Gasteiger partial charge in [0.05, 0.1) is 12.5 Å². The Labute approximate surface area is 101 Å². The first kappa shape index (κ1) is 11.0. The number of nitrogens with two attached hydrogens (primary N) is 1. The van der Waals surface area contributed by atoms with Crippen LogP contribution >= 0.6 is 0 Å². The topological polar surface area (TPSA) is 61.8 Å². The lowest BCUT2D eigenvalue weighted by Gasteiger charge is -2.07. The van der Waals surface area contributed by atoms with Crippen molar-refractivity contribution >= 4 is 17.1 Å². The molecule has 17 heavy (non-hydrogen) atoms. The number of anilines is 3. The highest BCUT2D eigenvalue weighted by Crippen LogP contribution is 2.18. The number of nitrogens with one attached hydrogen (secondary N) is 1. The van der Waals surface area contributed by atoms with E-state index >= 15 is 0 Å². The predicted molar refractivity (Wildman–Crippen MR) is 69.9 cm³/mol. The number of nitrogens with zero attached hydrogens (tertiary/aromatic N) is 1. The number of nitrogen functional groups attached to an aromatic ring is 1. The van der Waals surface area contributed by atoms with Crippen LogP contribution in [0.2, 0.25) is 0 Å². The summed E-state index contributed by atoms with van der Waals surface area (Å²) >= 11 is 0. The fourth-order valence-electron chi connectivity index (χ4n) is 1.53. The summed E-state index contributed by atoms with van der Waals surface area (Å²) in [4.78, 5) is 0. The first-order valence-corrected chi connectivity index (χ1v) is 5.36. The van der Waals surface area contributed by atoms with Gasteiger partial charge in [0.2, 0.25) is 0 Å². The fraction of sp³-hybridized carbons (Fsp3) is 0.0714. The molecule has 2 rings (SSSR count). The van der Waals surface area contributed by atoms with E-state index in [1.807, 2.05) is 48.5 Å². The van der Waals surface area contributed by atoms with Crippen LogP contribution in [0.1, 0.15) is 5.56 Å². The zero-order valence-electron chi connectivity index (χ0n) is 9.35. The van der Waals surface area contributed by atoms with E-state index in [-0.39, 0.29) is 0 Å². The number of rotatable bonds is 3. The molecule has 2 aromatic carbocycles. The van der Waals surface area contributed by atoms with Gasteiger partial charge < -0.3 is 11.1 Å². The van der Waals surface area contributed by atoms with Crippen LogP contribution < -0.4 is 11.1 Å². The van der Waals surface area contributed by atoms with Crippen molar-refractivity contribution in [1.82, 2.24) is 0 Å². The van der Waals surface area contributed by atoms with Gasteiger partial charge in [0, 0.05) is 17.1 Å². The highest BCUT2D eigenvalue weighted by Gasteiger charge is 1.95. The van der Waals surface area contributed by atoms with Crippen LogP contribution in [-0.2, 0) is 6.42 Å². The third kappa shape index (κ3) is 2.99. The molecule has 0 saturated carbocycles. The van der Waals surface area contributed by atoms with Crippen LogP contribution in [0.4, 0.5) is 17.1 Å². The third-order valence-corrected chi connectivity index (χ3v) is 2.44. The smallest absolute Gasteiger partial charge is 0.0669 e.